The molecule has 0 bridgehead atoms. The highest BCUT2D eigenvalue weighted by Gasteiger charge is 2.22. The molecule has 0 aliphatic carbocycles. The first-order chi connectivity index (χ1) is 9.79. The lowest BCUT2D eigenvalue weighted by molar-refractivity contribution is -0.386. The van der Waals surface area contributed by atoms with Crippen LogP contribution in [0.1, 0.15) is 26.3 Å². The van der Waals surface area contributed by atoms with E-state index < -0.39 is 10.5 Å². The minimum Gasteiger partial charge on any atom is -0.435 e. The molecule has 0 amide bonds. The third-order valence-corrected chi connectivity index (χ3v) is 2.97. The molecule has 2 aromatic rings. The van der Waals surface area contributed by atoms with Crippen molar-refractivity contribution in [2.75, 3.05) is 0 Å². The Balaban J connectivity index is 2.51. The van der Waals surface area contributed by atoms with Gasteiger partial charge in [0.25, 0.3) is 11.4 Å². The molecule has 2 rings (SSSR count). The zero-order valence-electron chi connectivity index (χ0n) is 12.0. The van der Waals surface area contributed by atoms with Crippen LogP contribution < -0.4 is 10.3 Å². The van der Waals surface area contributed by atoms with E-state index in [0.717, 1.165) is 17.7 Å². The number of nitrogens with zero attached hydrogens (tertiary/aromatic N) is 1. The third kappa shape index (κ3) is 3.28. The molecule has 0 aliphatic rings. The Labute approximate surface area is 121 Å². The number of nitro groups is 1. The van der Waals surface area contributed by atoms with Gasteiger partial charge >= 0.3 is 5.69 Å². The summed E-state index contributed by atoms with van der Waals surface area (Å²) >= 11 is 0. The molecule has 0 spiro atoms. The maximum absolute atomic E-state index is 11.4. The number of hydrogen-bond acceptors (Lipinski definition) is 4. The quantitative estimate of drug-likeness (QED) is 0.693. The van der Waals surface area contributed by atoms with Gasteiger partial charge in [-0.2, -0.15) is 0 Å². The van der Waals surface area contributed by atoms with Crippen LogP contribution in [0, 0.1) is 10.1 Å². The van der Waals surface area contributed by atoms with Gasteiger partial charge in [0.05, 0.1) is 4.92 Å². The molecular formula is C15H16N2O4. The molecule has 0 fully saturated rings. The molecule has 21 heavy (non-hydrogen) atoms. The maximum atomic E-state index is 11.4. The molecule has 6 heteroatoms. The van der Waals surface area contributed by atoms with Gasteiger partial charge in [0, 0.05) is 17.7 Å². The lowest BCUT2D eigenvalue weighted by Gasteiger charge is -2.22. The largest absolute Gasteiger partial charge is 0.435 e. The average Bonchev–Trinajstić information content (AvgIpc) is 2.37. The lowest BCUT2D eigenvalue weighted by Crippen LogP contribution is -2.13. The van der Waals surface area contributed by atoms with Crippen LogP contribution >= 0.6 is 0 Å². The standard InChI is InChI=1S/C15H16N2O4/c1-15(2,3)10-6-4-5-7-12(10)21-14-11(17(19)20)8-9-13(18)16-14/h4-9H,1-3H3,(H,16,18). The normalized spacial score (nSPS) is 11.2. The van der Waals surface area contributed by atoms with Crippen LogP contribution in [0.4, 0.5) is 5.69 Å². The fourth-order valence-electron chi connectivity index (χ4n) is 1.95. The summed E-state index contributed by atoms with van der Waals surface area (Å²) in [5, 5.41) is 11.0. The van der Waals surface area contributed by atoms with Gasteiger partial charge in [0.2, 0.25) is 0 Å². The summed E-state index contributed by atoms with van der Waals surface area (Å²) in [6.07, 6.45) is 0. The lowest BCUT2D eigenvalue weighted by atomic mass is 9.86. The van der Waals surface area contributed by atoms with Crippen molar-refractivity contribution in [3.63, 3.8) is 0 Å². The fourth-order valence-corrected chi connectivity index (χ4v) is 1.95. The Hall–Kier alpha value is -2.63. The smallest absolute Gasteiger partial charge is 0.329 e. The average molecular weight is 288 g/mol. The second kappa shape index (κ2) is 5.40. The topological polar surface area (TPSA) is 85.2 Å². The van der Waals surface area contributed by atoms with E-state index in [1.807, 2.05) is 32.9 Å². The molecule has 0 radical (unpaired) electrons. The van der Waals surface area contributed by atoms with Crippen LogP contribution in [0.3, 0.4) is 0 Å². The van der Waals surface area contributed by atoms with Gasteiger partial charge < -0.3 is 4.74 Å². The number of ether oxygens (including phenoxy) is 1. The minimum absolute atomic E-state index is 0.163. The van der Waals surface area contributed by atoms with Gasteiger partial charge in [0.15, 0.2) is 0 Å². The predicted octanol–water partition coefficient (Wildman–Crippen LogP) is 3.37. The Kier molecular flexibility index (Phi) is 3.80. The second-order valence-corrected chi connectivity index (χ2v) is 5.64. The third-order valence-electron chi connectivity index (χ3n) is 2.97. The van der Waals surface area contributed by atoms with E-state index in [2.05, 4.69) is 4.98 Å². The number of benzene rings is 1. The summed E-state index contributed by atoms with van der Waals surface area (Å²) in [7, 11) is 0. The molecule has 6 nitrogen and oxygen atoms in total. The predicted molar refractivity (Wildman–Crippen MR) is 78.9 cm³/mol. The fraction of sp³-hybridized carbons (Fsp3) is 0.267. The summed E-state index contributed by atoms with van der Waals surface area (Å²) in [5.41, 5.74) is -0.0355. The summed E-state index contributed by atoms with van der Waals surface area (Å²) in [6, 6.07) is 9.49. The Morgan fingerprint density at radius 1 is 1.14 bits per heavy atom. The van der Waals surface area contributed by atoms with Crippen molar-refractivity contribution in [1.82, 2.24) is 4.98 Å². The van der Waals surface area contributed by atoms with E-state index in [4.69, 9.17) is 4.74 Å². The van der Waals surface area contributed by atoms with Crippen LogP contribution in [0.2, 0.25) is 0 Å². The van der Waals surface area contributed by atoms with Crippen LogP contribution in [-0.4, -0.2) is 9.91 Å². The van der Waals surface area contributed by atoms with E-state index in [1.165, 1.54) is 0 Å². The Morgan fingerprint density at radius 2 is 1.81 bits per heavy atom. The molecule has 0 atom stereocenters. The van der Waals surface area contributed by atoms with Gasteiger partial charge in [-0.25, -0.2) is 0 Å². The van der Waals surface area contributed by atoms with Gasteiger partial charge in [0.1, 0.15) is 5.75 Å². The van der Waals surface area contributed by atoms with E-state index in [0.29, 0.717) is 5.75 Å². The van der Waals surface area contributed by atoms with E-state index >= 15 is 0 Å². The number of hydrogen-bond donors (Lipinski definition) is 1. The highest BCUT2D eigenvalue weighted by Crippen LogP contribution is 2.35. The number of rotatable bonds is 3. The summed E-state index contributed by atoms with van der Waals surface area (Å²) in [4.78, 5) is 24.2. The van der Waals surface area contributed by atoms with Crippen molar-refractivity contribution in [3.05, 3.63) is 62.4 Å². The van der Waals surface area contributed by atoms with Crippen molar-refractivity contribution in [1.29, 1.82) is 0 Å². The van der Waals surface area contributed by atoms with E-state index in [9.17, 15) is 14.9 Å². The van der Waals surface area contributed by atoms with Crippen molar-refractivity contribution in [3.8, 4) is 11.6 Å². The van der Waals surface area contributed by atoms with Crippen LogP contribution in [0.5, 0.6) is 11.6 Å². The first kappa shape index (κ1) is 14.8. The van der Waals surface area contributed by atoms with E-state index in [-0.39, 0.29) is 17.0 Å². The zero-order valence-corrected chi connectivity index (χ0v) is 12.0. The number of aromatic amines is 1. The maximum Gasteiger partial charge on any atom is 0.329 e. The zero-order chi connectivity index (χ0) is 15.6. The van der Waals surface area contributed by atoms with Crippen molar-refractivity contribution >= 4 is 5.69 Å². The molecule has 1 aromatic heterocycles. The summed E-state index contributed by atoms with van der Waals surface area (Å²) in [5.74, 6) is 0.319. The highest BCUT2D eigenvalue weighted by atomic mass is 16.6. The summed E-state index contributed by atoms with van der Waals surface area (Å²) < 4.78 is 5.61. The molecule has 0 saturated carbocycles. The molecule has 1 aromatic carbocycles. The van der Waals surface area contributed by atoms with Gasteiger partial charge in [-0.15, -0.1) is 0 Å². The molecule has 0 aliphatic heterocycles. The molecule has 110 valence electrons. The van der Waals surface area contributed by atoms with Crippen molar-refractivity contribution in [2.45, 2.75) is 26.2 Å². The minimum atomic E-state index is -0.592. The molecule has 0 saturated heterocycles. The Morgan fingerprint density at radius 3 is 2.43 bits per heavy atom. The Bertz CT molecular complexity index is 729. The second-order valence-electron chi connectivity index (χ2n) is 5.64. The monoisotopic (exact) mass is 288 g/mol. The molecule has 0 unspecified atom stereocenters. The number of H-pyrrole nitrogens is 1. The van der Waals surface area contributed by atoms with Crippen molar-refractivity contribution in [2.24, 2.45) is 0 Å². The molecule has 1 heterocycles. The van der Waals surface area contributed by atoms with Gasteiger partial charge in [-0.1, -0.05) is 39.0 Å². The number of aromatic nitrogens is 1. The SMILES string of the molecule is CC(C)(C)c1ccccc1Oc1[nH]c(=O)ccc1[N+](=O)[O-]. The van der Waals surface area contributed by atoms with Crippen LogP contribution in [-0.2, 0) is 5.41 Å². The molecule has 1 N–H and O–H groups in total. The van der Waals surface area contributed by atoms with Gasteiger partial charge in [-0.05, 0) is 11.5 Å². The highest BCUT2D eigenvalue weighted by molar-refractivity contribution is 5.46. The molecular weight excluding hydrogens is 272 g/mol. The summed E-state index contributed by atoms with van der Waals surface area (Å²) in [6.45, 7) is 6.03. The van der Waals surface area contributed by atoms with Crippen LogP contribution in [0.25, 0.3) is 0 Å². The van der Waals surface area contributed by atoms with Crippen LogP contribution in [0.15, 0.2) is 41.2 Å². The number of para-hydroxylation sites is 1. The van der Waals surface area contributed by atoms with Gasteiger partial charge in [-0.3, -0.25) is 19.9 Å². The number of pyridine rings is 1. The number of nitrogens with one attached hydrogen (secondary N) is 1. The first-order valence-corrected chi connectivity index (χ1v) is 6.44. The van der Waals surface area contributed by atoms with Crippen molar-refractivity contribution < 1.29 is 9.66 Å². The van der Waals surface area contributed by atoms with E-state index in [1.54, 1.807) is 12.1 Å². The first-order valence-electron chi connectivity index (χ1n) is 6.44.